The molecule has 0 aliphatic carbocycles. The number of rotatable bonds is 7. The Balaban J connectivity index is 2.07. The first-order valence-electron chi connectivity index (χ1n) is 6.34. The van der Waals surface area contributed by atoms with E-state index in [9.17, 15) is 0 Å². The van der Waals surface area contributed by atoms with Gasteiger partial charge in [-0.05, 0) is 38.1 Å². The van der Waals surface area contributed by atoms with Crippen molar-refractivity contribution in [1.29, 1.82) is 0 Å². The molecule has 0 bridgehead atoms. The summed E-state index contributed by atoms with van der Waals surface area (Å²) in [6.07, 6.45) is 1.85. The van der Waals surface area contributed by atoms with Crippen LogP contribution in [0.3, 0.4) is 0 Å². The third-order valence-electron chi connectivity index (χ3n) is 2.77. The van der Waals surface area contributed by atoms with Crippen molar-refractivity contribution in [3.63, 3.8) is 0 Å². The predicted octanol–water partition coefficient (Wildman–Crippen LogP) is 4.10. The molecule has 2 atom stereocenters. The zero-order valence-electron chi connectivity index (χ0n) is 11.1. The van der Waals surface area contributed by atoms with Gasteiger partial charge in [-0.15, -0.1) is 11.3 Å². The molecule has 0 fully saturated rings. The van der Waals surface area contributed by atoms with Gasteiger partial charge in [0.2, 0.25) is 0 Å². The molecule has 5 heteroatoms. The third kappa shape index (κ3) is 4.08. The summed E-state index contributed by atoms with van der Waals surface area (Å²) >= 11 is 7.57. The van der Waals surface area contributed by atoms with Gasteiger partial charge in [-0.25, -0.2) is 0 Å². The van der Waals surface area contributed by atoms with E-state index >= 15 is 0 Å². The van der Waals surface area contributed by atoms with Crippen LogP contribution >= 0.6 is 22.9 Å². The number of hydrogen-bond acceptors (Lipinski definition) is 4. The van der Waals surface area contributed by atoms with E-state index in [4.69, 9.17) is 20.8 Å². The monoisotopic (exact) mass is 299 g/mol. The molecular weight excluding hydrogens is 282 g/mol. The first-order valence-corrected chi connectivity index (χ1v) is 7.53. The summed E-state index contributed by atoms with van der Waals surface area (Å²) in [5.74, 6) is 0.891. The van der Waals surface area contributed by atoms with Crippen molar-refractivity contribution in [2.24, 2.45) is 0 Å². The number of furan rings is 1. The summed E-state index contributed by atoms with van der Waals surface area (Å²) in [6, 6.07) is 7.82. The van der Waals surface area contributed by atoms with E-state index < -0.39 is 0 Å². The molecule has 3 nitrogen and oxygen atoms in total. The van der Waals surface area contributed by atoms with E-state index in [2.05, 4.69) is 12.2 Å². The summed E-state index contributed by atoms with van der Waals surface area (Å²) in [7, 11) is 0. The lowest BCUT2D eigenvalue weighted by Crippen LogP contribution is -2.30. The Kier molecular flexibility index (Phi) is 5.45. The van der Waals surface area contributed by atoms with Crippen LogP contribution in [0.2, 0.25) is 4.34 Å². The quantitative estimate of drug-likeness (QED) is 0.836. The van der Waals surface area contributed by atoms with E-state index in [0.29, 0.717) is 0 Å². The van der Waals surface area contributed by atoms with Crippen molar-refractivity contribution in [3.8, 4) is 0 Å². The number of nitrogens with one attached hydrogen (secondary N) is 1. The van der Waals surface area contributed by atoms with Crippen molar-refractivity contribution in [2.45, 2.75) is 26.0 Å². The second-order valence-corrected chi connectivity index (χ2v) is 6.01. The highest BCUT2D eigenvalue weighted by Crippen LogP contribution is 2.31. The summed E-state index contributed by atoms with van der Waals surface area (Å²) in [5, 5.41) is 3.47. The zero-order chi connectivity index (χ0) is 13.7. The van der Waals surface area contributed by atoms with Crippen molar-refractivity contribution in [1.82, 2.24) is 5.32 Å². The first-order chi connectivity index (χ1) is 9.20. The fourth-order valence-electron chi connectivity index (χ4n) is 1.91. The van der Waals surface area contributed by atoms with Crippen LogP contribution in [0.4, 0.5) is 0 Å². The molecule has 0 aliphatic heterocycles. The van der Waals surface area contributed by atoms with Crippen LogP contribution < -0.4 is 5.32 Å². The molecule has 2 rings (SSSR count). The topological polar surface area (TPSA) is 34.4 Å². The van der Waals surface area contributed by atoms with Gasteiger partial charge in [0.25, 0.3) is 0 Å². The van der Waals surface area contributed by atoms with E-state index in [0.717, 1.165) is 28.1 Å². The molecule has 0 amide bonds. The van der Waals surface area contributed by atoms with Gasteiger partial charge >= 0.3 is 0 Å². The Morgan fingerprint density at radius 3 is 2.84 bits per heavy atom. The Morgan fingerprint density at radius 1 is 1.42 bits per heavy atom. The highest BCUT2D eigenvalue weighted by Gasteiger charge is 2.19. The first kappa shape index (κ1) is 14.6. The van der Waals surface area contributed by atoms with E-state index in [-0.39, 0.29) is 12.1 Å². The Bertz CT molecular complexity index is 483. The number of halogens is 1. The molecule has 0 aliphatic rings. The molecule has 0 saturated carbocycles. The second-order valence-electron chi connectivity index (χ2n) is 4.26. The van der Waals surface area contributed by atoms with Crippen LogP contribution in [0.15, 0.2) is 34.9 Å². The highest BCUT2D eigenvalue weighted by atomic mass is 35.5. The van der Waals surface area contributed by atoms with Crippen molar-refractivity contribution < 1.29 is 9.15 Å². The van der Waals surface area contributed by atoms with Gasteiger partial charge in [0.1, 0.15) is 11.8 Å². The maximum absolute atomic E-state index is 6.01. The molecule has 104 valence electrons. The van der Waals surface area contributed by atoms with Crippen LogP contribution in [0.25, 0.3) is 0 Å². The Labute approximate surface area is 122 Å². The van der Waals surface area contributed by atoms with Gasteiger partial charge in [-0.3, -0.25) is 0 Å². The molecule has 0 aromatic carbocycles. The highest BCUT2D eigenvalue weighted by molar-refractivity contribution is 7.16. The molecule has 2 aromatic rings. The zero-order valence-corrected chi connectivity index (χ0v) is 12.6. The Morgan fingerprint density at radius 2 is 2.26 bits per heavy atom. The molecule has 1 N–H and O–H groups in total. The number of thiophene rings is 1. The lowest BCUT2D eigenvalue weighted by Gasteiger charge is -2.18. The molecule has 0 spiro atoms. The van der Waals surface area contributed by atoms with Crippen molar-refractivity contribution in [3.05, 3.63) is 45.5 Å². The lowest BCUT2D eigenvalue weighted by atomic mass is 10.2. The van der Waals surface area contributed by atoms with Gasteiger partial charge in [0.15, 0.2) is 0 Å². The summed E-state index contributed by atoms with van der Waals surface area (Å²) in [4.78, 5) is 1.14. The maximum atomic E-state index is 6.01. The molecule has 19 heavy (non-hydrogen) atoms. The molecular formula is C14H18ClNO2S. The third-order valence-corrected chi connectivity index (χ3v) is 4.06. The van der Waals surface area contributed by atoms with Crippen LogP contribution in [0.5, 0.6) is 0 Å². The van der Waals surface area contributed by atoms with E-state index in [1.807, 2.05) is 31.2 Å². The second kappa shape index (κ2) is 7.10. The maximum Gasteiger partial charge on any atom is 0.126 e. The lowest BCUT2D eigenvalue weighted by molar-refractivity contribution is 0.0744. The van der Waals surface area contributed by atoms with Gasteiger partial charge < -0.3 is 14.5 Å². The summed E-state index contributed by atoms with van der Waals surface area (Å²) in [5.41, 5.74) is 0. The average Bonchev–Trinajstić information content (AvgIpc) is 3.02. The van der Waals surface area contributed by atoms with Gasteiger partial charge in [-0.1, -0.05) is 11.6 Å². The van der Waals surface area contributed by atoms with Crippen LogP contribution in [-0.4, -0.2) is 19.3 Å². The number of hydrogen-bond donors (Lipinski definition) is 1. The minimum absolute atomic E-state index is 0.0235. The van der Waals surface area contributed by atoms with Gasteiger partial charge in [0.05, 0.1) is 16.7 Å². The van der Waals surface area contributed by atoms with Crippen molar-refractivity contribution in [2.75, 3.05) is 13.2 Å². The Hall–Kier alpha value is -0.810. The van der Waals surface area contributed by atoms with E-state index in [1.54, 1.807) is 17.6 Å². The van der Waals surface area contributed by atoms with Gasteiger partial charge in [-0.2, -0.15) is 0 Å². The number of ether oxygens (including phenoxy) is 1. The normalized spacial score (nSPS) is 14.5. The average molecular weight is 300 g/mol. The SMILES string of the molecule is CCOC(C)CNC(c1ccco1)c1ccc(Cl)s1. The van der Waals surface area contributed by atoms with Crippen LogP contribution in [-0.2, 0) is 4.74 Å². The smallest absolute Gasteiger partial charge is 0.126 e. The fourth-order valence-corrected chi connectivity index (χ4v) is 3.05. The largest absolute Gasteiger partial charge is 0.467 e. The van der Waals surface area contributed by atoms with Crippen molar-refractivity contribution >= 4 is 22.9 Å². The summed E-state index contributed by atoms with van der Waals surface area (Å²) in [6.45, 7) is 5.53. The minimum Gasteiger partial charge on any atom is -0.467 e. The molecule has 0 saturated heterocycles. The van der Waals surface area contributed by atoms with Crippen LogP contribution in [0.1, 0.15) is 30.5 Å². The van der Waals surface area contributed by atoms with E-state index in [1.165, 1.54) is 0 Å². The van der Waals surface area contributed by atoms with Gasteiger partial charge in [0, 0.05) is 18.0 Å². The minimum atomic E-state index is 0.0235. The molecule has 2 unspecified atom stereocenters. The fraction of sp³-hybridized carbons (Fsp3) is 0.429. The standard InChI is InChI=1S/C14H18ClNO2S/c1-3-17-10(2)9-16-14(11-5-4-8-18-11)12-6-7-13(15)19-12/h4-8,10,14,16H,3,9H2,1-2H3. The van der Waals surface area contributed by atoms with Crippen LogP contribution in [0, 0.1) is 0 Å². The molecule has 2 heterocycles. The predicted molar refractivity (Wildman–Crippen MR) is 79.0 cm³/mol. The molecule has 0 radical (unpaired) electrons. The molecule has 2 aromatic heterocycles. The summed E-state index contributed by atoms with van der Waals surface area (Å²) < 4.78 is 11.8.